The first-order chi connectivity index (χ1) is 8.57. The molecule has 1 aliphatic carbocycles. The number of benzene rings is 1. The predicted octanol–water partition coefficient (Wildman–Crippen LogP) is 1.78. The van der Waals surface area contributed by atoms with Gasteiger partial charge in [0, 0.05) is 15.6 Å². The molecule has 1 aromatic carbocycles. The maximum atomic E-state index is 10.8. The van der Waals surface area contributed by atoms with Gasteiger partial charge in [0.1, 0.15) is 11.7 Å². The molecule has 4 heteroatoms. The van der Waals surface area contributed by atoms with Gasteiger partial charge in [-0.3, -0.25) is 4.79 Å². The van der Waals surface area contributed by atoms with Gasteiger partial charge in [0.25, 0.3) is 0 Å². The third-order valence-electron chi connectivity index (χ3n) is 3.00. The molecule has 1 aromatic rings. The third kappa shape index (κ3) is 2.55. The highest BCUT2D eigenvalue weighted by molar-refractivity contribution is 14.1. The monoisotopic (exact) mass is 356 g/mol. The van der Waals surface area contributed by atoms with E-state index in [0.717, 1.165) is 5.56 Å². The maximum Gasteiger partial charge on any atom is 0.150 e. The van der Waals surface area contributed by atoms with Crippen LogP contribution in [0.15, 0.2) is 51.6 Å². The average Bonchev–Trinajstić information content (AvgIpc) is 2.38. The van der Waals surface area contributed by atoms with Crippen molar-refractivity contribution in [1.82, 2.24) is 0 Å². The second kappa shape index (κ2) is 5.34. The summed E-state index contributed by atoms with van der Waals surface area (Å²) in [6.07, 6.45) is 2.98. The van der Waals surface area contributed by atoms with E-state index in [0.29, 0.717) is 21.9 Å². The van der Waals surface area contributed by atoms with E-state index in [2.05, 4.69) is 0 Å². The van der Waals surface area contributed by atoms with Crippen LogP contribution in [0.25, 0.3) is 0 Å². The van der Waals surface area contributed by atoms with Crippen LogP contribution in [0.3, 0.4) is 0 Å². The molecular formula is C14H13IO3. The highest BCUT2D eigenvalue weighted by atomic mass is 127. The van der Waals surface area contributed by atoms with E-state index in [9.17, 15) is 15.0 Å². The number of allylic oxidation sites excluding steroid dienone is 2. The van der Waals surface area contributed by atoms with Crippen molar-refractivity contribution in [1.29, 1.82) is 0 Å². The van der Waals surface area contributed by atoms with Crippen molar-refractivity contribution in [2.75, 3.05) is 0 Å². The Morgan fingerprint density at radius 3 is 2.61 bits per heavy atom. The lowest BCUT2D eigenvalue weighted by Crippen LogP contribution is -2.44. The number of halogens is 1. The van der Waals surface area contributed by atoms with Gasteiger partial charge in [0.15, 0.2) is 6.29 Å². The van der Waals surface area contributed by atoms with Gasteiger partial charge in [-0.15, -0.1) is 0 Å². The molecule has 0 saturated carbocycles. The first-order valence-electron chi connectivity index (χ1n) is 5.55. The third-order valence-corrected chi connectivity index (χ3v) is 4.21. The molecule has 0 spiro atoms. The van der Waals surface area contributed by atoms with Crippen molar-refractivity contribution < 1.29 is 15.0 Å². The Labute approximate surface area is 119 Å². The van der Waals surface area contributed by atoms with Gasteiger partial charge >= 0.3 is 0 Å². The lowest BCUT2D eigenvalue weighted by Gasteiger charge is -2.33. The Hall–Kier alpha value is -0.980. The van der Waals surface area contributed by atoms with Crippen molar-refractivity contribution in [2.24, 2.45) is 0 Å². The number of carbonyl (C=O) groups is 1. The van der Waals surface area contributed by atoms with Gasteiger partial charge in [-0.25, -0.2) is 0 Å². The summed E-state index contributed by atoms with van der Waals surface area (Å²) in [7, 11) is 0. The molecule has 2 unspecified atom stereocenters. The van der Waals surface area contributed by atoms with Crippen LogP contribution in [0.2, 0.25) is 0 Å². The molecule has 1 aliphatic rings. The van der Waals surface area contributed by atoms with Crippen molar-refractivity contribution >= 4 is 28.9 Å². The summed E-state index contributed by atoms with van der Waals surface area (Å²) in [6.45, 7) is 0. The number of aldehydes is 1. The molecule has 2 rings (SSSR count). The Bertz CT molecular complexity index is 507. The fourth-order valence-electron chi connectivity index (χ4n) is 1.96. The lowest BCUT2D eigenvalue weighted by molar-refractivity contribution is -0.104. The second-order valence-electron chi connectivity index (χ2n) is 4.31. The average molecular weight is 356 g/mol. The standard InChI is InChI=1S/C14H13IO3/c15-12-11(9-16)6-7-14(18,13(12)17)8-10-4-2-1-3-5-10/h1-7,9,13,17-18H,8H2. The molecule has 0 aliphatic heterocycles. The number of aliphatic hydroxyl groups excluding tert-OH is 1. The second-order valence-corrected chi connectivity index (χ2v) is 5.47. The van der Waals surface area contributed by atoms with Gasteiger partial charge in [-0.05, 0) is 34.2 Å². The van der Waals surface area contributed by atoms with Crippen molar-refractivity contribution in [2.45, 2.75) is 18.1 Å². The predicted molar refractivity (Wildman–Crippen MR) is 77.4 cm³/mol. The number of hydrogen-bond donors (Lipinski definition) is 2. The van der Waals surface area contributed by atoms with E-state index in [-0.39, 0.29) is 0 Å². The lowest BCUT2D eigenvalue weighted by atomic mass is 9.84. The number of carbonyl (C=O) groups excluding carboxylic acids is 1. The molecule has 0 amide bonds. The number of aliphatic hydroxyl groups is 2. The highest BCUT2D eigenvalue weighted by Gasteiger charge is 2.38. The minimum Gasteiger partial charge on any atom is -0.385 e. The summed E-state index contributed by atoms with van der Waals surface area (Å²) < 4.78 is 0.475. The zero-order chi connectivity index (χ0) is 13.2. The summed E-state index contributed by atoms with van der Waals surface area (Å²) in [5.41, 5.74) is -0.00649. The number of rotatable bonds is 3. The molecule has 0 aromatic heterocycles. The van der Waals surface area contributed by atoms with Crippen LogP contribution in [-0.2, 0) is 11.2 Å². The summed E-state index contributed by atoms with van der Waals surface area (Å²) >= 11 is 1.90. The van der Waals surface area contributed by atoms with E-state index in [1.165, 1.54) is 6.08 Å². The molecule has 18 heavy (non-hydrogen) atoms. The van der Waals surface area contributed by atoms with Crippen LogP contribution in [0, 0.1) is 0 Å². The van der Waals surface area contributed by atoms with Crippen molar-refractivity contribution in [3.8, 4) is 0 Å². The molecule has 94 valence electrons. The zero-order valence-corrected chi connectivity index (χ0v) is 11.7. The van der Waals surface area contributed by atoms with Crippen LogP contribution in [0.5, 0.6) is 0 Å². The van der Waals surface area contributed by atoms with E-state index in [4.69, 9.17) is 0 Å². The molecule has 0 fully saturated rings. The minimum atomic E-state index is -1.36. The Morgan fingerprint density at radius 2 is 2.00 bits per heavy atom. The van der Waals surface area contributed by atoms with E-state index < -0.39 is 11.7 Å². The Kier molecular flexibility index (Phi) is 3.99. The summed E-state index contributed by atoms with van der Waals surface area (Å²) in [4.78, 5) is 10.8. The smallest absolute Gasteiger partial charge is 0.150 e. The maximum absolute atomic E-state index is 10.8. The SMILES string of the molecule is O=CC1=C(I)C(O)C(O)(Cc2ccccc2)C=C1. The van der Waals surface area contributed by atoms with Gasteiger partial charge in [0.05, 0.1) is 0 Å². The topological polar surface area (TPSA) is 57.5 Å². The van der Waals surface area contributed by atoms with Crippen LogP contribution < -0.4 is 0 Å². The fourth-order valence-corrected chi connectivity index (χ4v) is 2.80. The zero-order valence-electron chi connectivity index (χ0n) is 9.58. The quantitative estimate of drug-likeness (QED) is 0.641. The molecule has 0 bridgehead atoms. The molecule has 0 heterocycles. The van der Waals surface area contributed by atoms with Gasteiger partial charge < -0.3 is 10.2 Å². The molecule has 2 N–H and O–H groups in total. The molecule has 3 nitrogen and oxygen atoms in total. The minimum absolute atomic E-state index is 0.310. The summed E-state index contributed by atoms with van der Waals surface area (Å²) in [5, 5.41) is 20.6. The van der Waals surface area contributed by atoms with Crippen LogP contribution in [0.1, 0.15) is 5.56 Å². The van der Waals surface area contributed by atoms with Crippen LogP contribution in [-0.4, -0.2) is 28.2 Å². The van der Waals surface area contributed by atoms with Crippen LogP contribution in [0.4, 0.5) is 0 Å². The van der Waals surface area contributed by atoms with Crippen molar-refractivity contribution in [3.63, 3.8) is 0 Å². The van der Waals surface area contributed by atoms with Crippen molar-refractivity contribution in [3.05, 3.63) is 57.2 Å². The number of hydrogen-bond acceptors (Lipinski definition) is 3. The van der Waals surface area contributed by atoms with Crippen LogP contribution >= 0.6 is 22.6 Å². The van der Waals surface area contributed by atoms with E-state index >= 15 is 0 Å². The van der Waals surface area contributed by atoms with E-state index in [1.54, 1.807) is 6.08 Å². The van der Waals surface area contributed by atoms with Gasteiger partial charge in [0.2, 0.25) is 0 Å². The molecule has 2 atom stereocenters. The Balaban J connectivity index is 2.27. The summed E-state index contributed by atoms with van der Waals surface area (Å²) in [6, 6.07) is 9.45. The first kappa shape index (κ1) is 13.5. The highest BCUT2D eigenvalue weighted by Crippen LogP contribution is 2.33. The fraction of sp³-hybridized carbons (Fsp3) is 0.214. The Morgan fingerprint density at radius 1 is 1.33 bits per heavy atom. The molecular weight excluding hydrogens is 343 g/mol. The normalized spacial score (nSPS) is 27.4. The van der Waals surface area contributed by atoms with E-state index in [1.807, 2.05) is 52.9 Å². The largest absolute Gasteiger partial charge is 0.385 e. The first-order valence-corrected chi connectivity index (χ1v) is 6.63. The molecule has 0 radical (unpaired) electrons. The van der Waals surface area contributed by atoms with Gasteiger partial charge in [-0.1, -0.05) is 36.4 Å². The summed E-state index contributed by atoms with van der Waals surface area (Å²) in [5.74, 6) is 0. The van der Waals surface area contributed by atoms with Gasteiger partial charge in [-0.2, -0.15) is 0 Å². The molecule has 0 saturated heterocycles.